The van der Waals surface area contributed by atoms with Crippen LogP contribution in [-0.4, -0.2) is 120 Å². The second-order valence-electron chi connectivity index (χ2n) is 16.1. The molecule has 2 aromatic carbocycles. The van der Waals surface area contributed by atoms with Crippen molar-refractivity contribution in [2.75, 3.05) is 60.2 Å². The van der Waals surface area contributed by atoms with Gasteiger partial charge in [0.05, 0.1) is 55.9 Å². The van der Waals surface area contributed by atoms with Crippen LogP contribution in [0.2, 0.25) is 0 Å². The molecule has 16 heteroatoms. The van der Waals surface area contributed by atoms with Gasteiger partial charge >= 0.3 is 0 Å². The number of piperidine rings is 2. The third-order valence-corrected chi connectivity index (χ3v) is 12.5. The van der Waals surface area contributed by atoms with Gasteiger partial charge in [0, 0.05) is 57.3 Å². The van der Waals surface area contributed by atoms with Gasteiger partial charge in [0.1, 0.15) is 29.9 Å². The molecule has 0 aliphatic carbocycles. The molecule has 320 valence electrons. The lowest BCUT2D eigenvalue weighted by atomic mass is 9.83. The lowest BCUT2D eigenvalue weighted by Gasteiger charge is -2.35. The van der Waals surface area contributed by atoms with E-state index >= 15 is 0 Å². The van der Waals surface area contributed by atoms with Crippen molar-refractivity contribution in [3.8, 4) is 28.4 Å². The molecule has 0 saturated carbocycles. The fourth-order valence-electron chi connectivity index (χ4n) is 9.22. The molecule has 1 N–H and O–H groups in total. The standard InChI is InChI=1S/C45H50N6O10/c1-48-25-35(31-8-13-46-23-34(31)43(48)55)29-20-38(58-2)36(39(21-29)59-3)26-49-14-9-27(10-15-49)28-11-16-50(24-28)41(53)12-17-60-18-19-61-30-4-5-32-33(22-30)45(57)51(44(32)56)37-6-7-40(52)47-42(37)54/h4-5,8,13,20-23,25,27-28,37H,6-7,9-12,14-19,24,26H2,1-3H3,(H,47,52,54). The molecule has 0 spiro atoms. The van der Waals surface area contributed by atoms with Crippen LogP contribution in [0.25, 0.3) is 21.9 Å². The highest BCUT2D eigenvalue weighted by molar-refractivity contribution is 6.23. The Labute approximate surface area is 352 Å². The summed E-state index contributed by atoms with van der Waals surface area (Å²) in [6.45, 7) is 4.70. The number of hydrogen-bond acceptors (Lipinski definition) is 12. The molecule has 6 heterocycles. The van der Waals surface area contributed by atoms with Crippen molar-refractivity contribution < 1.29 is 42.9 Å². The highest BCUT2D eigenvalue weighted by Gasteiger charge is 2.45. The summed E-state index contributed by atoms with van der Waals surface area (Å²) in [5, 5.41) is 3.56. The number of amides is 5. The summed E-state index contributed by atoms with van der Waals surface area (Å²) in [4.78, 5) is 85.3. The Morgan fingerprint density at radius 1 is 0.820 bits per heavy atom. The van der Waals surface area contributed by atoms with Gasteiger partial charge in [0.2, 0.25) is 17.7 Å². The second-order valence-corrected chi connectivity index (χ2v) is 16.1. The van der Waals surface area contributed by atoms with Crippen LogP contribution < -0.4 is 25.1 Å². The van der Waals surface area contributed by atoms with Gasteiger partial charge in [-0.25, -0.2) is 0 Å². The zero-order valence-corrected chi connectivity index (χ0v) is 34.6. The zero-order chi connectivity index (χ0) is 42.8. The quantitative estimate of drug-likeness (QED) is 0.145. The predicted octanol–water partition coefficient (Wildman–Crippen LogP) is 3.57. The number of likely N-dealkylation sites (tertiary alicyclic amines) is 2. The number of carbonyl (C=O) groups excluding carboxylic acids is 5. The van der Waals surface area contributed by atoms with Gasteiger partial charge in [-0.1, -0.05) is 0 Å². The van der Waals surface area contributed by atoms with Crippen LogP contribution in [0, 0.1) is 11.8 Å². The largest absolute Gasteiger partial charge is 0.496 e. The first-order valence-electron chi connectivity index (χ1n) is 20.8. The summed E-state index contributed by atoms with van der Waals surface area (Å²) >= 11 is 0. The molecule has 2 atom stereocenters. The van der Waals surface area contributed by atoms with Crippen LogP contribution in [0.5, 0.6) is 17.2 Å². The van der Waals surface area contributed by atoms with Gasteiger partial charge in [-0.3, -0.25) is 48.9 Å². The van der Waals surface area contributed by atoms with E-state index in [4.69, 9.17) is 18.9 Å². The van der Waals surface area contributed by atoms with Gasteiger partial charge in [-0.05, 0) is 98.0 Å². The van der Waals surface area contributed by atoms with Crippen LogP contribution in [-0.2, 0) is 32.7 Å². The number of rotatable bonds is 14. The third-order valence-electron chi connectivity index (χ3n) is 12.5. The minimum atomic E-state index is -1.03. The molecule has 4 aliphatic heterocycles. The Kier molecular flexibility index (Phi) is 12.2. The van der Waals surface area contributed by atoms with Crippen molar-refractivity contribution in [1.82, 2.24) is 29.6 Å². The molecular weight excluding hydrogens is 785 g/mol. The van der Waals surface area contributed by atoms with E-state index in [2.05, 4.69) is 15.2 Å². The van der Waals surface area contributed by atoms with E-state index in [0.717, 1.165) is 83.9 Å². The van der Waals surface area contributed by atoms with Crippen LogP contribution in [0.15, 0.2) is 59.8 Å². The molecule has 4 aromatic rings. The van der Waals surface area contributed by atoms with E-state index in [9.17, 15) is 28.8 Å². The third kappa shape index (κ3) is 8.46. The van der Waals surface area contributed by atoms with Crippen molar-refractivity contribution >= 4 is 40.3 Å². The number of methoxy groups -OCH3 is 2. The number of pyridine rings is 2. The number of fused-ring (bicyclic) bond motifs is 2. The van der Waals surface area contributed by atoms with Crippen LogP contribution in [0.1, 0.15) is 64.8 Å². The molecular formula is C45H50N6O10. The summed E-state index contributed by atoms with van der Waals surface area (Å²) in [5.74, 6) is 0.640. The Bertz CT molecular complexity index is 2420. The Hall–Kier alpha value is -6.13. The maximum absolute atomic E-state index is 13.1. The number of carbonyl (C=O) groups is 5. The number of hydrogen-bond donors (Lipinski definition) is 1. The second kappa shape index (κ2) is 17.8. The number of nitrogens with zero attached hydrogens (tertiary/aromatic N) is 5. The first-order chi connectivity index (χ1) is 29.5. The Morgan fingerprint density at radius 3 is 2.30 bits per heavy atom. The minimum Gasteiger partial charge on any atom is -0.496 e. The fourth-order valence-corrected chi connectivity index (χ4v) is 9.22. The molecule has 8 rings (SSSR count). The average Bonchev–Trinajstić information content (AvgIpc) is 3.86. The normalized spacial score (nSPS) is 19.7. The number of aromatic nitrogens is 2. The van der Waals surface area contributed by atoms with E-state index in [1.54, 1.807) is 44.3 Å². The Morgan fingerprint density at radius 2 is 1.56 bits per heavy atom. The monoisotopic (exact) mass is 834 g/mol. The molecule has 5 amide bonds. The number of aryl methyl sites for hydroxylation is 1. The maximum Gasteiger partial charge on any atom is 0.262 e. The summed E-state index contributed by atoms with van der Waals surface area (Å²) in [6.07, 6.45) is 8.62. The molecule has 2 unspecified atom stereocenters. The number of benzene rings is 2. The highest BCUT2D eigenvalue weighted by Crippen LogP contribution is 2.39. The van der Waals surface area contributed by atoms with Gasteiger partial charge in [0.15, 0.2) is 0 Å². The van der Waals surface area contributed by atoms with E-state index in [-0.39, 0.29) is 61.7 Å². The van der Waals surface area contributed by atoms with Crippen molar-refractivity contribution in [2.45, 2.75) is 51.1 Å². The summed E-state index contributed by atoms with van der Waals surface area (Å²) in [7, 11) is 5.07. The predicted molar refractivity (Wildman–Crippen MR) is 222 cm³/mol. The first kappa shape index (κ1) is 41.6. The van der Waals surface area contributed by atoms with Gasteiger partial charge in [-0.2, -0.15) is 0 Å². The van der Waals surface area contributed by atoms with Crippen molar-refractivity contribution in [2.24, 2.45) is 18.9 Å². The van der Waals surface area contributed by atoms with E-state index < -0.39 is 29.7 Å². The number of ether oxygens (including phenoxy) is 4. The average molecular weight is 835 g/mol. The molecule has 0 bridgehead atoms. The van der Waals surface area contributed by atoms with Gasteiger partial charge in [0.25, 0.3) is 17.4 Å². The fraction of sp³-hybridized carbons (Fsp3) is 0.444. The number of imide groups is 2. The lowest BCUT2D eigenvalue weighted by molar-refractivity contribution is -0.136. The Balaban J connectivity index is 0.769. The molecule has 3 saturated heterocycles. The maximum atomic E-state index is 13.1. The van der Waals surface area contributed by atoms with E-state index in [0.29, 0.717) is 29.5 Å². The van der Waals surface area contributed by atoms with Gasteiger partial charge < -0.3 is 28.4 Å². The summed E-state index contributed by atoms with van der Waals surface area (Å²) < 4.78 is 24.9. The van der Waals surface area contributed by atoms with Crippen molar-refractivity contribution in [1.29, 1.82) is 0 Å². The van der Waals surface area contributed by atoms with Crippen LogP contribution in [0.4, 0.5) is 0 Å². The lowest BCUT2D eigenvalue weighted by Crippen LogP contribution is -2.54. The molecule has 61 heavy (non-hydrogen) atoms. The van der Waals surface area contributed by atoms with Crippen LogP contribution in [0.3, 0.4) is 0 Å². The first-order valence-corrected chi connectivity index (χ1v) is 20.8. The summed E-state index contributed by atoms with van der Waals surface area (Å²) in [5.41, 5.74) is 2.98. The molecule has 16 nitrogen and oxygen atoms in total. The van der Waals surface area contributed by atoms with Crippen molar-refractivity contribution in [3.63, 3.8) is 0 Å². The highest BCUT2D eigenvalue weighted by atomic mass is 16.5. The molecule has 2 aromatic heterocycles. The number of nitrogens with one attached hydrogen (secondary N) is 1. The van der Waals surface area contributed by atoms with E-state index in [1.165, 1.54) is 12.1 Å². The molecule has 0 radical (unpaired) electrons. The molecule has 3 fully saturated rings. The van der Waals surface area contributed by atoms with Crippen LogP contribution >= 0.6 is 0 Å². The van der Waals surface area contributed by atoms with E-state index in [1.807, 2.05) is 29.3 Å². The molecule has 4 aliphatic rings. The van der Waals surface area contributed by atoms with Crippen molar-refractivity contribution in [3.05, 3.63) is 82.0 Å². The minimum absolute atomic E-state index is 0.0505. The van der Waals surface area contributed by atoms with Gasteiger partial charge in [-0.15, -0.1) is 0 Å². The SMILES string of the molecule is COc1cc(-c2cn(C)c(=O)c3cnccc23)cc(OC)c1CN1CCC(C2CCN(C(=O)CCOCCOc3ccc4c(c3)C(=O)N(C3CCC(=O)NC3=O)C4=O)C2)CC1. The summed E-state index contributed by atoms with van der Waals surface area (Å²) in [6, 6.07) is 9.41. The smallest absolute Gasteiger partial charge is 0.262 e. The zero-order valence-electron chi connectivity index (χ0n) is 34.6. The topological polar surface area (TPSA) is 179 Å².